The van der Waals surface area contributed by atoms with Crippen molar-refractivity contribution in [1.29, 1.82) is 0 Å². The van der Waals surface area contributed by atoms with Crippen molar-refractivity contribution < 1.29 is 0 Å². The van der Waals surface area contributed by atoms with E-state index in [0.29, 0.717) is 0 Å². The summed E-state index contributed by atoms with van der Waals surface area (Å²) < 4.78 is 3.06. The maximum absolute atomic E-state index is 4.82. The fraction of sp³-hybridized carbons (Fsp3) is 0.217. The lowest BCUT2D eigenvalue weighted by atomic mass is 10.1. The van der Waals surface area contributed by atoms with Crippen molar-refractivity contribution in [1.82, 2.24) is 19.3 Å². The number of halogens is 1. The SMILES string of the molecule is Cc1cc(C)n2c(Br)c(CN(Cc3ccccc3)Cc3ccccc3)nc2n1. The molecule has 0 aliphatic rings. The summed E-state index contributed by atoms with van der Waals surface area (Å²) in [6, 6.07) is 23.2. The zero-order valence-corrected chi connectivity index (χ0v) is 17.7. The number of hydrogen-bond donors (Lipinski definition) is 0. The average molecular weight is 435 g/mol. The van der Waals surface area contributed by atoms with E-state index >= 15 is 0 Å². The van der Waals surface area contributed by atoms with Gasteiger partial charge in [0.2, 0.25) is 5.78 Å². The number of imidazole rings is 1. The first-order valence-corrected chi connectivity index (χ1v) is 10.2. The number of fused-ring (bicyclic) bond motifs is 1. The summed E-state index contributed by atoms with van der Waals surface area (Å²) in [5.74, 6) is 0.749. The molecule has 0 unspecified atom stereocenters. The van der Waals surface area contributed by atoms with Crippen LogP contribution >= 0.6 is 15.9 Å². The zero-order chi connectivity index (χ0) is 19.5. The fourth-order valence-corrected chi connectivity index (χ4v) is 4.19. The van der Waals surface area contributed by atoms with Crippen LogP contribution in [0.5, 0.6) is 0 Å². The largest absolute Gasteiger partial charge is 0.289 e. The number of aromatic nitrogens is 3. The third-order valence-corrected chi connectivity index (χ3v) is 5.60. The summed E-state index contributed by atoms with van der Waals surface area (Å²) in [7, 11) is 0. The van der Waals surface area contributed by atoms with Gasteiger partial charge in [-0.2, -0.15) is 0 Å². The molecule has 0 atom stereocenters. The Morgan fingerprint density at radius 1 is 0.821 bits per heavy atom. The molecule has 0 amide bonds. The molecule has 0 saturated heterocycles. The molecule has 5 heteroatoms. The molecule has 0 aliphatic carbocycles. The Bertz CT molecular complexity index is 1030. The second-order valence-electron chi connectivity index (χ2n) is 7.14. The van der Waals surface area contributed by atoms with Crippen LogP contribution in [0.4, 0.5) is 0 Å². The summed E-state index contributed by atoms with van der Waals surface area (Å²) in [6.45, 7) is 6.56. The van der Waals surface area contributed by atoms with Gasteiger partial charge < -0.3 is 0 Å². The topological polar surface area (TPSA) is 33.4 Å². The van der Waals surface area contributed by atoms with Crippen LogP contribution in [0.25, 0.3) is 5.78 Å². The maximum Gasteiger partial charge on any atom is 0.235 e. The third kappa shape index (κ3) is 4.16. The molecule has 4 aromatic rings. The Balaban J connectivity index is 1.66. The average Bonchev–Trinajstić information content (AvgIpc) is 2.98. The van der Waals surface area contributed by atoms with Crippen molar-refractivity contribution in [3.05, 3.63) is 99.5 Å². The van der Waals surface area contributed by atoms with E-state index in [1.807, 2.05) is 6.92 Å². The van der Waals surface area contributed by atoms with Crippen molar-refractivity contribution >= 4 is 21.7 Å². The van der Waals surface area contributed by atoms with Crippen molar-refractivity contribution in [2.45, 2.75) is 33.5 Å². The first kappa shape index (κ1) is 18.8. The van der Waals surface area contributed by atoms with E-state index in [4.69, 9.17) is 4.98 Å². The summed E-state index contributed by atoms with van der Waals surface area (Å²) in [5, 5.41) is 0. The molecule has 2 heterocycles. The standard InChI is InChI=1S/C23H23BrN4/c1-17-13-18(2)28-22(24)21(26-23(28)25-17)16-27(14-19-9-5-3-6-10-19)15-20-11-7-4-8-12-20/h3-13H,14-16H2,1-2H3. The van der Waals surface area contributed by atoms with Crippen molar-refractivity contribution in [3.63, 3.8) is 0 Å². The van der Waals surface area contributed by atoms with Crippen LogP contribution in [0.2, 0.25) is 0 Å². The lowest BCUT2D eigenvalue weighted by Crippen LogP contribution is -2.22. The second kappa shape index (κ2) is 8.25. The van der Waals surface area contributed by atoms with E-state index in [1.54, 1.807) is 0 Å². The molecular formula is C23H23BrN4. The molecule has 0 N–H and O–H groups in total. The van der Waals surface area contributed by atoms with Gasteiger partial charge in [-0.25, -0.2) is 9.97 Å². The smallest absolute Gasteiger partial charge is 0.235 e. The maximum atomic E-state index is 4.82. The van der Waals surface area contributed by atoms with Crippen molar-refractivity contribution in [3.8, 4) is 0 Å². The Hall–Kier alpha value is -2.50. The van der Waals surface area contributed by atoms with Crippen LogP contribution < -0.4 is 0 Å². The van der Waals surface area contributed by atoms with Gasteiger partial charge in [-0.3, -0.25) is 9.30 Å². The minimum Gasteiger partial charge on any atom is -0.289 e. The molecular weight excluding hydrogens is 412 g/mol. The van der Waals surface area contributed by atoms with Gasteiger partial charge in [0.15, 0.2) is 0 Å². The quantitative estimate of drug-likeness (QED) is 0.412. The third-order valence-electron chi connectivity index (χ3n) is 4.79. The van der Waals surface area contributed by atoms with Gasteiger partial charge in [-0.15, -0.1) is 0 Å². The Labute approximate surface area is 174 Å². The minimum absolute atomic E-state index is 0.742. The molecule has 2 aromatic carbocycles. The van der Waals surface area contributed by atoms with Gasteiger partial charge in [0.25, 0.3) is 0 Å². The lowest BCUT2D eigenvalue weighted by molar-refractivity contribution is 0.244. The predicted molar refractivity (Wildman–Crippen MR) is 116 cm³/mol. The van der Waals surface area contributed by atoms with E-state index in [9.17, 15) is 0 Å². The first-order chi connectivity index (χ1) is 13.6. The highest BCUT2D eigenvalue weighted by atomic mass is 79.9. The number of aryl methyl sites for hydroxylation is 2. The molecule has 4 rings (SSSR count). The van der Waals surface area contributed by atoms with E-state index in [1.165, 1.54) is 11.1 Å². The van der Waals surface area contributed by atoms with Gasteiger partial charge in [0, 0.05) is 31.0 Å². The van der Waals surface area contributed by atoms with Crippen LogP contribution in [-0.4, -0.2) is 19.3 Å². The number of hydrogen-bond acceptors (Lipinski definition) is 3. The van der Waals surface area contributed by atoms with Gasteiger partial charge in [-0.1, -0.05) is 60.7 Å². The highest BCUT2D eigenvalue weighted by Crippen LogP contribution is 2.23. The first-order valence-electron chi connectivity index (χ1n) is 9.41. The fourth-order valence-electron chi connectivity index (χ4n) is 3.54. The molecule has 0 fully saturated rings. The van der Waals surface area contributed by atoms with Crippen LogP contribution in [-0.2, 0) is 19.6 Å². The van der Waals surface area contributed by atoms with Gasteiger partial charge >= 0.3 is 0 Å². The lowest BCUT2D eigenvalue weighted by Gasteiger charge is -2.22. The Kier molecular flexibility index (Phi) is 5.55. The monoisotopic (exact) mass is 434 g/mol. The van der Waals surface area contributed by atoms with Gasteiger partial charge in [0.1, 0.15) is 4.60 Å². The van der Waals surface area contributed by atoms with Crippen LogP contribution in [0, 0.1) is 13.8 Å². The van der Waals surface area contributed by atoms with E-state index in [2.05, 4.69) is 104 Å². The van der Waals surface area contributed by atoms with Gasteiger partial charge in [0.05, 0.1) is 5.69 Å². The van der Waals surface area contributed by atoms with Crippen LogP contribution in [0.15, 0.2) is 71.3 Å². The minimum atomic E-state index is 0.742. The molecule has 0 radical (unpaired) electrons. The van der Waals surface area contributed by atoms with Gasteiger partial charge in [-0.05, 0) is 47.0 Å². The molecule has 0 bridgehead atoms. The predicted octanol–water partition coefficient (Wildman–Crippen LogP) is 5.31. The van der Waals surface area contributed by atoms with E-state index in [-0.39, 0.29) is 0 Å². The van der Waals surface area contributed by atoms with Crippen LogP contribution in [0.1, 0.15) is 28.2 Å². The summed E-state index contributed by atoms with van der Waals surface area (Å²) in [4.78, 5) is 11.8. The number of nitrogens with zero attached hydrogens (tertiary/aromatic N) is 4. The van der Waals surface area contributed by atoms with Crippen molar-refractivity contribution in [2.75, 3.05) is 0 Å². The summed E-state index contributed by atoms with van der Waals surface area (Å²) in [6.07, 6.45) is 0. The number of rotatable bonds is 6. The molecule has 28 heavy (non-hydrogen) atoms. The molecule has 142 valence electrons. The summed E-state index contributed by atoms with van der Waals surface area (Å²) in [5.41, 5.74) is 5.71. The summed E-state index contributed by atoms with van der Waals surface area (Å²) >= 11 is 3.76. The highest BCUT2D eigenvalue weighted by Gasteiger charge is 2.17. The number of benzene rings is 2. The van der Waals surface area contributed by atoms with E-state index < -0.39 is 0 Å². The molecule has 0 saturated carbocycles. The van der Waals surface area contributed by atoms with Crippen molar-refractivity contribution in [2.24, 2.45) is 0 Å². The highest BCUT2D eigenvalue weighted by molar-refractivity contribution is 9.10. The Morgan fingerprint density at radius 3 is 1.96 bits per heavy atom. The molecule has 0 aliphatic heterocycles. The molecule has 2 aromatic heterocycles. The molecule has 0 spiro atoms. The molecule has 4 nitrogen and oxygen atoms in total. The zero-order valence-electron chi connectivity index (χ0n) is 16.1. The Morgan fingerprint density at radius 2 is 1.39 bits per heavy atom. The van der Waals surface area contributed by atoms with Crippen LogP contribution in [0.3, 0.4) is 0 Å². The second-order valence-corrected chi connectivity index (χ2v) is 7.89. The normalized spacial score (nSPS) is 11.4. The van der Waals surface area contributed by atoms with E-state index in [0.717, 1.165) is 47.1 Å².